The second-order valence-corrected chi connectivity index (χ2v) is 2.45. The van der Waals surface area contributed by atoms with Crippen LogP contribution < -0.4 is 5.32 Å². The molecule has 0 radical (unpaired) electrons. The number of alkyl halides is 1. The number of likely N-dealkylation sites (N-methyl/N-ethyl adjacent to an activating group) is 1. The van der Waals surface area contributed by atoms with Crippen LogP contribution in [0.3, 0.4) is 0 Å². The van der Waals surface area contributed by atoms with E-state index in [2.05, 4.69) is 5.32 Å². The topological polar surface area (TPSA) is 39.1 Å². The largest absolute Gasteiger partial charge is 0.312 e. The maximum Gasteiger partial charge on any atom is 0.179 e. The van der Waals surface area contributed by atoms with Crippen molar-refractivity contribution in [3.05, 3.63) is 0 Å². The molecule has 0 bridgehead atoms. The third kappa shape index (κ3) is 1.19. The molecule has 0 unspecified atom stereocenters. The molecule has 2 atom stereocenters. The minimum absolute atomic E-state index is 0.259. The van der Waals surface area contributed by atoms with Crippen molar-refractivity contribution in [2.75, 3.05) is 20.1 Å². The lowest BCUT2D eigenvalue weighted by atomic mass is 10.2. The summed E-state index contributed by atoms with van der Waals surface area (Å²) >= 11 is 0. The van der Waals surface area contributed by atoms with Gasteiger partial charge >= 0.3 is 0 Å². The van der Waals surface area contributed by atoms with Crippen molar-refractivity contribution in [1.29, 1.82) is 5.26 Å². The summed E-state index contributed by atoms with van der Waals surface area (Å²) in [5, 5.41) is 11.3. The Morgan fingerprint density at radius 3 is 2.80 bits per heavy atom. The summed E-state index contributed by atoms with van der Waals surface area (Å²) in [4.78, 5) is 1.35. The number of rotatable bonds is 1. The van der Waals surface area contributed by atoms with Crippen molar-refractivity contribution in [3.8, 4) is 6.19 Å². The molecule has 0 saturated carbocycles. The van der Waals surface area contributed by atoms with Crippen LogP contribution in [0.15, 0.2) is 0 Å². The minimum atomic E-state index is -0.898. The zero-order valence-electron chi connectivity index (χ0n) is 5.84. The molecule has 0 aromatic heterocycles. The fraction of sp³-hybridized carbons (Fsp3) is 0.833. The van der Waals surface area contributed by atoms with E-state index in [1.54, 1.807) is 7.05 Å². The highest BCUT2D eigenvalue weighted by molar-refractivity contribution is 4.92. The highest BCUT2D eigenvalue weighted by Gasteiger charge is 2.29. The van der Waals surface area contributed by atoms with Crippen LogP contribution in [0.1, 0.15) is 0 Å². The molecule has 1 rings (SSSR count). The lowest BCUT2D eigenvalue weighted by molar-refractivity contribution is 0.228. The standard InChI is InChI=1S/C6H10FN3/c1-10(4-8)6-3-9-2-5(6)7/h5-6,9H,2-3H2,1H3/t5-,6+/m0/s1. The summed E-state index contributed by atoms with van der Waals surface area (Å²) in [6.07, 6.45) is 0.992. The van der Waals surface area contributed by atoms with Crippen molar-refractivity contribution in [1.82, 2.24) is 10.2 Å². The fourth-order valence-corrected chi connectivity index (χ4v) is 1.09. The predicted octanol–water partition coefficient (Wildman–Crippen LogP) is -0.291. The quantitative estimate of drug-likeness (QED) is 0.405. The maximum absolute atomic E-state index is 12.8. The van der Waals surface area contributed by atoms with Gasteiger partial charge < -0.3 is 10.2 Å². The van der Waals surface area contributed by atoms with E-state index in [4.69, 9.17) is 5.26 Å². The molecule has 10 heavy (non-hydrogen) atoms. The summed E-state index contributed by atoms with van der Waals surface area (Å²) in [6.45, 7) is 0.946. The summed E-state index contributed by atoms with van der Waals surface area (Å²) in [5.41, 5.74) is 0. The molecule has 4 heteroatoms. The molecule has 56 valence electrons. The molecule has 1 N–H and O–H groups in total. The Balaban J connectivity index is 2.48. The molecule has 0 spiro atoms. The van der Waals surface area contributed by atoms with E-state index in [1.165, 1.54) is 4.90 Å². The molecular weight excluding hydrogens is 133 g/mol. The van der Waals surface area contributed by atoms with E-state index >= 15 is 0 Å². The second kappa shape index (κ2) is 2.84. The number of halogens is 1. The number of nitriles is 1. The molecule has 1 aliphatic rings. The van der Waals surface area contributed by atoms with Gasteiger partial charge in [-0.2, -0.15) is 5.26 Å². The molecule has 0 aromatic carbocycles. The van der Waals surface area contributed by atoms with Gasteiger partial charge in [-0.25, -0.2) is 4.39 Å². The monoisotopic (exact) mass is 143 g/mol. The molecule has 1 heterocycles. The predicted molar refractivity (Wildman–Crippen MR) is 34.9 cm³/mol. The second-order valence-electron chi connectivity index (χ2n) is 2.45. The van der Waals surface area contributed by atoms with Crippen LogP contribution in [0.25, 0.3) is 0 Å². The van der Waals surface area contributed by atoms with Gasteiger partial charge in [0.2, 0.25) is 0 Å². The van der Waals surface area contributed by atoms with Crippen molar-refractivity contribution >= 4 is 0 Å². The highest BCUT2D eigenvalue weighted by Crippen LogP contribution is 2.09. The first-order valence-corrected chi connectivity index (χ1v) is 3.23. The van der Waals surface area contributed by atoms with Crippen molar-refractivity contribution in [3.63, 3.8) is 0 Å². The van der Waals surface area contributed by atoms with E-state index in [1.807, 2.05) is 6.19 Å². The van der Waals surface area contributed by atoms with Crippen LogP contribution >= 0.6 is 0 Å². The van der Waals surface area contributed by atoms with Gasteiger partial charge in [-0.05, 0) is 0 Å². The van der Waals surface area contributed by atoms with Gasteiger partial charge in [0.1, 0.15) is 6.17 Å². The Morgan fingerprint density at radius 1 is 1.70 bits per heavy atom. The lowest BCUT2D eigenvalue weighted by Crippen LogP contribution is -2.35. The van der Waals surface area contributed by atoms with E-state index < -0.39 is 6.17 Å². The average Bonchev–Trinajstić information content (AvgIpc) is 2.34. The van der Waals surface area contributed by atoms with Gasteiger partial charge in [-0.3, -0.25) is 0 Å². The Bertz CT molecular complexity index is 154. The normalized spacial score (nSPS) is 31.7. The molecule has 1 saturated heterocycles. The van der Waals surface area contributed by atoms with Gasteiger partial charge in [-0.15, -0.1) is 0 Å². The minimum Gasteiger partial charge on any atom is -0.312 e. The first kappa shape index (κ1) is 7.29. The van der Waals surface area contributed by atoms with Gasteiger partial charge in [0.15, 0.2) is 6.19 Å². The summed E-state index contributed by atoms with van der Waals surface area (Å²) in [5.74, 6) is 0. The van der Waals surface area contributed by atoms with E-state index in [-0.39, 0.29) is 6.04 Å². The van der Waals surface area contributed by atoms with Crippen LogP contribution in [-0.4, -0.2) is 37.3 Å². The van der Waals surface area contributed by atoms with Crippen LogP contribution in [0, 0.1) is 11.5 Å². The number of hydrogen-bond donors (Lipinski definition) is 1. The van der Waals surface area contributed by atoms with Crippen molar-refractivity contribution < 1.29 is 4.39 Å². The molecular formula is C6H10FN3. The molecule has 3 nitrogen and oxygen atoms in total. The molecule has 1 aliphatic heterocycles. The molecule has 0 amide bonds. The molecule has 0 aliphatic carbocycles. The lowest BCUT2D eigenvalue weighted by Gasteiger charge is -2.18. The van der Waals surface area contributed by atoms with Gasteiger partial charge in [-0.1, -0.05) is 0 Å². The summed E-state index contributed by atoms with van der Waals surface area (Å²) < 4.78 is 12.8. The highest BCUT2D eigenvalue weighted by atomic mass is 19.1. The Labute approximate surface area is 59.4 Å². The smallest absolute Gasteiger partial charge is 0.179 e. The van der Waals surface area contributed by atoms with Gasteiger partial charge in [0.25, 0.3) is 0 Å². The first-order valence-electron chi connectivity index (χ1n) is 3.23. The van der Waals surface area contributed by atoms with E-state index in [9.17, 15) is 4.39 Å². The van der Waals surface area contributed by atoms with Crippen molar-refractivity contribution in [2.24, 2.45) is 0 Å². The first-order chi connectivity index (χ1) is 4.75. The van der Waals surface area contributed by atoms with E-state index in [0.717, 1.165) is 0 Å². The number of nitrogens with zero attached hydrogens (tertiary/aromatic N) is 2. The van der Waals surface area contributed by atoms with Crippen LogP contribution in [0.5, 0.6) is 0 Å². The third-order valence-corrected chi connectivity index (χ3v) is 1.77. The summed E-state index contributed by atoms with van der Waals surface area (Å²) in [6, 6.07) is -0.259. The zero-order valence-corrected chi connectivity index (χ0v) is 5.84. The molecule has 1 fully saturated rings. The Kier molecular flexibility index (Phi) is 2.07. The van der Waals surface area contributed by atoms with Gasteiger partial charge in [0.05, 0.1) is 6.04 Å². The fourth-order valence-electron chi connectivity index (χ4n) is 1.09. The molecule has 0 aromatic rings. The van der Waals surface area contributed by atoms with Crippen LogP contribution in [-0.2, 0) is 0 Å². The van der Waals surface area contributed by atoms with Crippen LogP contribution in [0.2, 0.25) is 0 Å². The SMILES string of the molecule is CN(C#N)[C@@H]1CNC[C@@H]1F. The van der Waals surface area contributed by atoms with Crippen molar-refractivity contribution in [2.45, 2.75) is 12.2 Å². The maximum atomic E-state index is 12.8. The summed E-state index contributed by atoms with van der Waals surface area (Å²) in [7, 11) is 1.60. The Morgan fingerprint density at radius 2 is 2.40 bits per heavy atom. The van der Waals surface area contributed by atoms with Gasteiger partial charge in [0, 0.05) is 20.1 Å². The van der Waals surface area contributed by atoms with Crippen LogP contribution in [0.4, 0.5) is 4.39 Å². The Hall–Kier alpha value is -0.820. The number of hydrogen-bond acceptors (Lipinski definition) is 3. The average molecular weight is 143 g/mol. The number of nitrogens with one attached hydrogen (secondary N) is 1. The van der Waals surface area contributed by atoms with E-state index in [0.29, 0.717) is 13.1 Å². The zero-order chi connectivity index (χ0) is 7.56. The third-order valence-electron chi connectivity index (χ3n) is 1.77.